The summed E-state index contributed by atoms with van der Waals surface area (Å²) in [6.45, 7) is 7.61. The van der Waals surface area contributed by atoms with Crippen LogP contribution in [0, 0.1) is 13.8 Å². The van der Waals surface area contributed by atoms with Gasteiger partial charge in [-0.1, -0.05) is 60.7 Å². The highest BCUT2D eigenvalue weighted by molar-refractivity contribution is 6.35. The Balaban J connectivity index is 0.000000169. The molecule has 59 heavy (non-hydrogen) atoms. The quantitative estimate of drug-likeness (QED) is 0.106. The van der Waals surface area contributed by atoms with Gasteiger partial charge in [-0.25, -0.2) is 4.79 Å². The smallest absolute Gasteiger partial charge is 0.335 e. The summed E-state index contributed by atoms with van der Waals surface area (Å²) in [6.07, 6.45) is 6.00. The number of aryl methyl sites for hydroxylation is 2. The summed E-state index contributed by atoms with van der Waals surface area (Å²) in [4.78, 5) is 50.9. The van der Waals surface area contributed by atoms with E-state index in [1.807, 2.05) is 98.8 Å². The molecule has 0 atom stereocenters. The van der Waals surface area contributed by atoms with Crippen molar-refractivity contribution in [2.75, 3.05) is 36.8 Å². The number of para-hydroxylation sites is 2. The number of rotatable bonds is 9. The second-order valence-corrected chi connectivity index (χ2v) is 14.7. The van der Waals surface area contributed by atoms with Crippen LogP contribution in [0.2, 0.25) is 0 Å². The number of carbonyl (C=O) groups is 4. The average molecular weight is 787 g/mol. The second kappa shape index (κ2) is 16.7. The molecule has 3 aliphatic heterocycles. The van der Waals surface area contributed by atoms with Gasteiger partial charge in [0, 0.05) is 52.3 Å². The predicted octanol–water partition coefficient (Wildman–Crippen LogP) is 9.02. The van der Waals surface area contributed by atoms with Gasteiger partial charge in [-0.3, -0.25) is 14.4 Å². The Labute approximate surface area is 341 Å². The minimum atomic E-state index is -0.989. The van der Waals surface area contributed by atoms with E-state index in [4.69, 9.17) is 13.9 Å². The monoisotopic (exact) mass is 786 g/mol. The maximum Gasteiger partial charge on any atom is 0.335 e. The van der Waals surface area contributed by atoms with E-state index >= 15 is 0 Å². The van der Waals surface area contributed by atoms with Gasteiger partial charge >= 0.3 is 5.97 Å². The Morgan fingerprint density at radius 3 is 1.69 bits per heavy atom. The van der Waals surface area contributed by atoms with Crippen LogP contribution in [0.1, 0.15) is 67.3 Å². The Hall–Kier alpha value is -7.24. The summed E-state index contributed by atoms with van der Waals surface area (Å²) in [6, 6.07) is 32.9. The molecule has 4 N–H and O–H groups in total. The first-order chi connectivity index (χ1) is 28.6. The lowest BCUT2D eigenvalue weighted by molar-refractivity contribution is -0.111. The SMILES string of the molecule is Cc1cc(-c2cccc(C(=O)NCCN3CCCC3)c2)oc1/C=C1/C(=O)Nc2ccccc21.Cc1cc(-c2cccc(C(=O)O)c2)oc1/C=C1/C(=O)Nc2ccccc21. The van der Waals surface area contributed by atoms with Crippen LogP contribution in [0.3, 0.4) is 0 Å². The lowest BCUT2D eigenvalue weighted by Gasteiger charge is -2.14. The lowest BCUT2D eigenvalue weighted by atomic mass is 10.1. The molecule has 3 aliphatic rings. The van der Waals surface area contributed by atoms with Gasteiger partial charge in [-0.2, -0.15) is 0 Å². The summed E-state index contributed by atoms with van der Waals surface area (Å²) in [7, 11) is 0. The van der Waals surface area contributed by atoms with Crippen LogP contribution in [0.4, 0.5) is 11.4 Å². The number of anilines is 2. The Bertz CT molecular complexity index is 2680. The predicted molar refractivity (Wildman–Crippen MR) is 229 cm³/mol. The Kier molecular flexibility index (Phi) is 10.9. The van der Waals surface area contributed by atoms with Crippen molar-refractivity contribution in [3.63, 3.8) is 0 Å². The van der Waals surface area contributed by atoms with Crippen LogP contribution in [0.15, 0.2) is 118 Å². The normalized spacial score (nSPS) is 15.7. The van der Waals surface area contributed by atoms with Crippen molar-refractivity contribution < 1.29 is 33.1 Å². The summed E-state index contributed by atoms with van der Waals surface area (Å²) < 4.78 is 12.0. The van der Waals surface area contributed by atoms with Gasteiger partial charge in [-0.15, -0.1) is 0 Å². The van der Waals surface area contributed by atoms with Gasteiger partial charge in [0.25, 0.3) is 17.7 Å². The summed E-state index contributed by atoms with van der Waals surface area (Å²) in [5.41, 5.74) is 8.51. The minimum Gasteiger partial charge on any atom is -0.478 e. The number of amides is 3. The van der Waals surface area contributed by atoms with E-state index in [9.17, 15) is 19.2 Å². The van der Waals surface area contributed by atoms with Crippen molar-refractivity contribution in [1.29, 1.82) is 0 Å². The maximum atomic E-state index is 12.6. The molecule has 0 radical (unpaired) electrons. The zero-order valence-corrected chi connectivity index (χ0v) is 32.6. The third-order valence-corrected chi connectivity index (χ3v) is 10.6. The number of carboxylic acid groups (broad SMARTS) is 1. The zero-order chi connectivity index (χ0) is 41.0. The molecule has 4 aromatic carbocycles. The number of fused-ring (bicyclic) bond motifs is 2. The molecule has 0 saturated carbocycles. The Morgan fingerprint density at radius 1 is 0.678 bits per heavy atom. The third-order valence-electron chi connectivity index (χ3n) is 10.6. The van der Waals surface area contributed by atoms with E-state index in [2.05, 4.69) is 20.9 Å². The highest BCUT2D eigenvalue weighted by Crippen LogP contribution is 2.36. The second-order valence-electron chi connectivity index (χ2n) is 14.7. The van der Waals surface area contributed by atoms with Crippen LogP contribution < -0.4 is 16.0 Å². The van der Waals surface area contributed by atoms with Gasteiger partial charge in [-0.05, 0) is 112 Å². The lowest BCUT2D eigenvalue weighted by Crippen LogP contribution is -2.33. The van der Waals surface area contributed by atoms with Crippen molar-refractivity contribution in [1.82, 2.24) is 10.2 Å². The van der Waals surface area contributed by atoms with Gasteiger partial charge in [0.15, 0.2) is 0 Å². The van der Waals surface area contributed by atoms with Crippen molar-refractivity contribution in [2.24, 2.45) is 0 Å². The number of hydrogen-bond donors (Lipinski definition) is 4. The first kappa shape index (κ1) is 38.6. The first-order valence-corrected chi connectivity index (χ1v) is 19.5. The van der Waals surface area contributed by atoms with Crippen LogP contribution >= 0.6 is 0 Å². The van der Waals surface area contributed by atoms with Gasteiger partial charge in [0.1, 0.15) is 23.0 Å². The molecule has 9 rings (SSSR count). The van der Waals surface area contributed by atoms with E-state index in [0.29, 0.717) is 51.9 Å². The van der Waals surface area contributed by atoms with Crippen LogP contribution in [-0.4, -0.2) is 59.9 Å². The van der Waals surface area contributed by atoms with Crippen molar-refractivity contribution in [3.05, 3.63) is 154 Å². The molecular formula is C48H42N4O7. The topological polar surface area (TPSA) is 154 Å². The minimum absolute atomic E-state index is 0.0825. The number of aromatic carboxylic acids is 1. The number of carboxylic acids is 1. The fraction of sp³-hybridized carbons (Fsp3) is 0.167. The van der Waals surface area contributed by atoms with Crippen LogP contribution in [0.5, 0.6) is 0 Å². The number of likely N-dealkylation sites (tertiary alicyclic amines) is 1. The number of carbonyl (C=O) groups excluding carboxylic acids is 3. The number of nitrogens with zero attached hydrogens (tertiary/aromatic N) is 1. The van der Waals surface area contributed by atoms with Crippen molar-refractivity contribution in [2.45, 2.75) is 26.7 Å². The summed E-state index contributed by atoms with van der Waals surface area (Å²) in [5.74, 6) is 1.05. The van der Waals surface area contributed by atoms with Crippen molar-refractivity contribution in [3.8, 4) is 22.6 Å². The fourth-order valence-electron chi connectivity index (χ4n) is 7.45. The Morgan fingerprint density at radius 2 is 1.17 bits per heavy atom. The summed E-state index contributed by atoms with van der Waals surface area (Å²) in [5, 5.41) is 17.9. The van der Waals surface area contributed by atoms with Crippen molar-refractivity contribution >= 4 is 58.4 Å². The molecule has 1 saturated heterocycles. The number of furan rings is 2. The number of nitrogens with one attached hydrogen (secondary N) is 3. The molecular weight excluding hydrogens is 745 g/mol. The number of benzene rings is 4. The molecule has 1 fully saturated rings. The standard InChI is InChI=1S/C27H27N3O3.C21H15NO4/c1-18-15-25(33-24(18)17-22-21-9-2-3-10-23(21)29-27(22)32)19-7-6-8-20(16-19)26(31)28-11-14-30-12-4-5-13-30;1-12-9-19(13-5-4-6-14(10-13)21(24)25)26-18(12)11-16-15-7-2-3-8-17(15)22-20(16)23/h2-3,6-10,15-17H,4-5,11-14H2,1H3,(H,28,31)(H,29,32);2-11H,1H3,(H,22,23)(H,24,25)/b22-17+;16-11+. The third kappa shape index (κ3) is 8.41. The largest absolute Gasteiger partial charge is 0.478 e. The van der Waals surface area contributed by atoms with E-state index in [1.165, 1.54) is 18.9 Å². The molecule has 296 valence electrons. The molecule has 5 heterocycles. The van der Waals surface area contributed by atoms with Crippen LogP contribution in [0.25, 0.3) is 45.9 Å². The molecule has 6 aromatic rings. The highest BCUT2D eigenvalue weighted by atomic mass is 16.4. The zero-order valence-electron chi connectivity index (χ0n) is 32.6. The molecule has 11 heteroatoms. The molecule has 0 bridgehead atoms. The average Bonchev–Trinajstić information content (AvgIpc) is 4.09. The van der Waals surface area contributed by atoms with E-state index in [-0.39, 0.29) is 23.3 Å². The van der Waals surface area contributed by atoms with Gasteiger partial charge < -0.3 is 34.8 Å². The summed E-state index contributed by atoms with van der Waals surface area (Å²) >= 11 is 0. The van der Waals surface area contributed by atoms with E-state index in [1.54, 1.807) is 30.4 Å². The molecule has 0 unspecified atom stereocenters. The molecule has 0 spiro atoms. The molecule has 2 aromatic heterocycles. The van der Waals surface area contributed by atoms with Crippen LogP contribution in [-0.2, 0) is 9.59 Å². The molecule has 11 nitrogen and oxygen atoms in total. The van der Waals surface area contributed by atoms with E-state index < -0.39 is 5.97 Å². The first-order valence-electron chi connectivity index (χ1n) is 19.5. The van der Waals surface area contributed by atoms with Gasteiger partial charge in [0.05, 0.1) is 16.7 Å². The molecule has 0 aliphatic carbocycles. The highest BCUT2D eigenvalue weighted by Gasteiger charge is 2.26. The maximum absolute atomic E-state index is 12.6. The van der Waals surface area contributed by atoms with E-state index in [0.717, 1.165) is 58.8 Å². The number of hydrogen-bond acceptors (Lipinski definition) is 7. The fourth-order valence-corrected chi connectivity index (χ4v) is 7.45. The van der Waals surface area contributed by atoms with Gasteiger partial charge in [0.2, 0.25) is 0 Å². The molecule has 3 amide bonds.